The molecule has 3 N–H and O–H groups in total. The average Bonchev–Trinajstić information content (AvgIpc) is 2.33. The van der Waals surface area contributed by atoms with Gasteiger partial charge < -0.3 is 25.3 Å². The third-order valence-corrected chi connectivity index (χ3v) is 1.96. The number of nitrogens with two attached hydrogens (primary N) is 1. The van der Waals surface area contributed by atoms with E-state index in [9.17, 15) is 9.59 Å². The minimum atomic E-state index is -0.547. The Kier molecular flexibility index (Phi) is 9.96. The molecule has 0 atom stereocenters. The molecule has 0 saturated carbocycles. The molecule has 0 saturated heterocycles. The molecule has 0 bridgehead atoms. The molecule has 0 spiro atoms. The highest BCUT2D eigenvalue weighted by atomic mass is 16.6. The molecule has 0 radical (unpaired) electrons. The number of amides is 1. The van der Waals surface area contributed by atoms with Crippen LogP contribution in [0, 0.1) is 0 Å². The molecule has 7 heteroatoms. The van der Waals surface area contributed by atoms with Crippen molar-refractivity contribution in [1.29, 1.82) is 0 Å². The molecule has 0 aliphatic heterocycles. The molecule has 0 aromatic rings. The summed E-state index contributed by atoms with van der Waals surface area (Å²) in [5, 5.41) is 2.47. The summed E-state index contributed by atoms with van der Waals surface area (Å²) in [5.41, 5.74) is 4.70. The van der Waals surface area contributed by atoms with Gasteiger partial charge in [-0.15, -0.1) is 0 Å². The van der Waals surface area contributed by atoms with Gasteiger partial charge in [0.1, 0.15) is 12.1 Å². The predicted molar refractivity (Wildman–Crippen MR) is 74.2 cm³/mol. The van der Waals surface area contributed by atoms with Crippen molar-refractivity contribution in [1.82, 2.24) is 5.32 Å². The van der Waals surface area contributed by atoms with E-state index in [1.807, 2.05) is 0 Å². The van der Waals surface area contributed by atoms with Crippen LogP contribution in [0.2, 0.25) is 0 Å². The summed E-state index contributed by atoms with van der Waals surface area (Å²) in [6, 6.07) is 0. The first-order chi connectivity index (χ1) is 9.35. The highest BCUT2D eigenvalue weighted by Crippen LogP contribution is 2.06. The van der Waals surface area contributed by atoms with Gasteiger partial charge in [0, 0.05) is 13.0 Å². The predicted octanol–water partition coefficient (Wildman–Crippen LogP) is -0.174. The lowest BCUT2D eigenvalue weighted by atomic mass is 10.2. The lowest BCUT2D eigenvalue weighted by molar-refractivity contribution is -0.154. The molecule has 1 amide bonds. The Balaban J connectivity index is 3.48. The van der Waals surface area contributed by atoms with Gasteiger partial charge in [-0.1, -0.05) is 0 Å². The molecule has 0 aromatic heterocycles. The van der Waals surface area contributed by atoms with Crippen molar-refractivity contribution in [2.24, 2.45) is 5.73 Å². The zero-order valence-electron chi connectivity index (χ0n) is 12.6. The van der Waals surface area contributed by atoms with E-state index in [0.29, 0.717) is 26.4 Å². The van der Waals surface area contributed by atoms with E-state index in [0.717, 1.165) is 0 Å². The molecule has 0 fully saturated rings. The fourth-order valence-electron chi connectivity index (χ4n) is 1.21. The Morgan fingerprint density at radius 2 is 1.65 bits per heavy atom. The highest BCUT2D eigenvalue weighted by molar-refractivity contribution is 5.82. The number of esters is 1. The zero-order chi connectivity index (χ0) is 15.4. The number of ether oxygens (including phenoxy) is 3. The van der Waals surface area contributed by atoms with Gasteiger partial charge in [0.05, 0.1) is 26.4 Å². The maximum absolute atomic E-state index is 11.4. The van der Waals surface area contributed by atoms with Gasteiger partial charge >= 0.3 is 5.97 Å². The minimum Gasteiger partial charge on any atom is -0.459 e. The number of carbonyl (C=O) groups is 2. The molecule has 0 rings (SSSR count). The van der Waals surface area contributed by atoms with E-state index in [2.05, 4.69) is 5.32 Å². The zero-order valence-corrected chi connectivity index (χ0v) is 12.6. The van der Waals surface area contributed by atoms with Crippen LogP contribution in [-0.4, -0.2) is 57.0 Å². The van der Waals surface area contributed by atoms with Crippen molar-refractivity contribution < 1.29 is 23.8 Å². The van der Waals surface area contributed by atoms with Crippen molar-refractivity contribution in [3.05, 3.63) is 0 Å². The number of rotatable bonds is 10. The Labute approximate surface area is 120 Å². The molecule has 0 heterocycles. The van der Waals surface area contributed by atoms with E-state index in [1.54, 1.807) is 20.8 Å². The maximum atomic E-state index is 11.4. The Bertz CT molecular complexity index is 289. The van der Waals surface area contributed by atoms with Crippen LogP contribution in [0.5, 0.6) is 0 Å². The molecule has 118 valence electrons. The van der Waals surface area contributed by atoms with Crippen LogP contribution in [0.4, 0.5) is 0 Å². The second kappa shape index (κ2) is 10.6. The first-order valence-electron chi connectivity index (χ1n) is 6.69. The third kappa shape index (κ3) is 13.3. The van der Waals surface area contributed by atoms with Gasteiger partial charge in [0.2, 0.25) is 5.91 Å². The summed E-state index contributed by atoms with van der Waals surface area (Å²) in [6.07, 6.45) is 0.194. The Hall–Kier alpha value is -1.18. The number of hydrogen-bond acceptors (Lipinski definition) is 6. The number of nitrogens with one attached hydrogen (secondary N) is 1. The number of hydrogen-bond donors (Lipinski definition) is 2. The Morgan fingerprint density at radius 1 is 1.05 bits per heavy atom. The van der Waals surface area contributed by atoms with E-state index in [4.69, 9.17) is 19.9 Å². The van der Waals surface area contributed by atoms with E-state index >= 15 is 0 Å². The van der Waals surface area contributed by atoms with E-state index < -0.39 is 11.6 Å². The molecule has 0 unspecified atom stereocenters. The van der Waals surface area contributed by atoms with Crippen molar-refractivity contribution in [2.45, 2.75) is 32.8 Å². The smallest absolute Gasteiger partial charge is 0.325 e. The Morgan fingerprint density at radius 3 is 2.20 bits per heavy atom. The largest absolute Gasteiger partial charge is 0.459 e. The van der Waals surface area contributed by atoms with Crippen molar-refractivity contribution in [3.63, 3.8) is 0 Å². The molecular formula is C13H26N2O5. The van der Waals surface area contributed by atoms with Crippen LogP contribution < -0.4 is 11.1 Å². The standard InChI is InChI=1S/C13H26N2O5/c1-13(2,3)20-12(17)10-15-11(16)4-6-18-8-9-19-7-5-14/h4-10,14H2,1-3H3,(H,15,16). The second-order valence-corrected chi connectivity index (χ2v) is 5.13. The SMILES string of the molecule is CC(C)(C)OC(=O)CNC(=O)CCOCCOCCN. The topological polar surface area (TPSA) is 99.9 Å². The van der Waals surface area contributed by atoms with E-state index in [1.165, 1.54) is 0 Å². The summed E-state index contributed by atoms with van der Waals surface area (Å²) in [6.45, 7) is 7.32. The summed E-state index contributed by atoms with van der Waals surface area (Å²) in [7, 11) is 0. The van der Waals surface area contributed by atoms with Crippen molar-refractivity contribution >= 4 is 11.9 Å². The van der Waals surface area contributed by atoms with Crippen LogP contribution in [0.25, 0.3) is 0 Å². The van der Waals surface area contributed by atoms with Gasteiger partial charge in [0.25, 0.3) is 0 Å². The van der Waals surface area contributed by atoms with Crippen molar-refractivity contribution in [2.75, 3.05) is 39.5 Å². The maximum Gasteiger partial charge on any atom is 0.325 e. The summed E-state index contributed by atoms with van der Waals surface area (Å²) >= 11 is 0. The fourth-order valence-corrected chi connectivity index (χ4v) is 1.21. The lowest BCUT2D eigenvalue weighted by Gasteiger charge is -2.19. The monoisotopic (exact) mass is 290 g/mol. The number of carbonyl (C=O) groups excluding carboxylic acids is 2. The molecule has 0 aromatic carbocycles. The third-order valence-electron chi connectivity index (χ3n) is 1.96. The van der Waals surface area contributed by atoms with Gasteiger partial charge in [0.15, 0.2) is 0 Å². The van der Waals surface area contributed by atoms with E-state index in [-0.39, 0.29) is 25.5 Å². The quantitative estimate of drug-likeness (QED) is 0.428. The molecule has 0 aliphatic rings. The summed E-state index contributed by atoms with van der Waals surface area (Å²) in [5.74, 6) is -0.708. The van der Waals surface area contributed by atoms with Crippen LogP contribution in [-0.2, 0) is 23.8 Å². The first-order valence-corrected chi connectivity index (χ1v) is 6.69. The molecule has 0 aliphatic carbocycles. The van der Waals surface area contributed by atoms with Gasteiger partial charge in [-0.25, -0.2) is 0 Å². The normalized spacial score (nSPS) is 11.2. The molecule has 20 heavy (non-hydrogen) atoms. The average molecular weight is 290 g/mol. The summed E-state index contributed by atoms with van der Waals surface area (Å²) in [4.78, 5) is 22.7. The van der Waals surface area contributed by atoms with Gasteiger partial charge in [-0.2, -0.15) is 0 Å². The van der Waals surface area contributed by atoms with Gasteiger partial charge in [-0.05, 0) is 20.8 Å². The summed E-state index contributed by atoms with van der Waals surface area (Å²) < 4.78 is 15.4. The van der Waals surface area contributed by atoms with Gasteiger partial charge in [-0.3, -0.25) is 9.59 Å². The highest BCUT2D eigenvalue weighted by Gasteiger charge is 2.16. The fraction of sp³-hybridized carbons (Fsp3) is 0.846. The van der Waals surface area contributed by atoms with Crippen LogP contribution in [0.15, 0.2) is 0 Å². The van der Waals surface area contributed by atoms with Crippen molar-refractivity contribution in [3.8, 4) is 0 Å². The lowest BCUT2D eigenvalue weighted by Crippen LogP contribution is -2.35. The van der Waals surface area contributed by atoms with Crippen LogP contribution in [0.3, 0.4) is 0 Å². The second-order valence-electron chi connectivity index (χ2n) is 5.13. The molecular weight excluding hydrogens is 264 g/mol. The van der Waals surface area contributed by atoms with Crippen LogP contribution in [0.1, 0.15) is 27.2 Å². The minimum absolute atomic E-state index is 0.129. The first kappa shape index (κ1) is 18.8. The molecule has 7 nitrogen and oxygen atoms in total. The van der Waals surface area contributed by atoms with Crippen LogP contribution >= 0.6 is 0 Å².